The van der Waals surface area contributed by atoms with E-state index in [1.54, 1.807) is 10.9 Å². The summed E-state index contributed by atoms with van der Waals surface area (Å²) in [4.78, 5) is 19.9. The van der Waals surface area contributed by atoms with Gasteiger partial charge in [-0.3, -0.25) is 14.5 Å². The lowest BCUT2D eigenvalue weighted by Gasteiger charge is -2.19. The summed E-state index contributed by atoms with van der Waals surface area (Å²) in [5.41, 5.74) is 5.25. The van der Waals surface area contributed by atoms with Crippen molar-refractivity contribution >= 4 is 11.5 Å². The Labute approximate surface area is 97.2 Å². The number of carbonyl (C=O) groups excluding carboxylic acids is 1. The second-order valence-corrected chi connectivity index (χ2v) is 4.40. The molecule has 4 rings (SSSR count). The number of H-pyrrole nitrogens is 1. The van der Waals surface area contributed by atoms with E-state index in [2.05, 4.69) is 15.1 Å². The van der Waals surface area contributed by atoms with Gasteiger partial charge in [-0.2, -0.15) is 5.10 Å². The number of aliphatic imine (C=N–C) groups is 1. The lowest BCUT2D eigenvalue weighted by Crippen LogP contribution is -2.25. The minimum absolute atomic E-state index is 0.0233. The predicted molar refractivity (Wildman–Crippen MR) is 61.6 cm³/mol. The van der Waals surface area contributed by atoms with Gasteiger partial charge in [0, 0.05) is 25.4 Å². The van der Waals surface area contributed by atoms with Crippen molar-refractivity contribution in [2.75, 3.05) is 6.54 Å². The number of aromatic nitrogens is 3. The van der Waals surface area contributed by atoms with Crippen molar-refractivity contribution < 1.29 is 4.79 Å². The van der Waals surface area contributed by atoms with E-state index in [1.165, 1.54) is 5.56 Å². The largest absolute Gasteiger partial charge is 0.358 e. The quantitative estimate of drug-likeness (QED) is 0.613. The Morgan fingerprint density at radius 1 is 1.47 bits per heavy atom. The van der Waals surface area contributed by atoms with Crippen molar-refractivity contribution in [3.05, 3.63) is 40.5 Å². The predicted octanol–water partition coefficient (Wildman–Crippen LogP) is 0.686. The van der Waals surface area contributed by atoms with Gasteiger partial charge in [-0.05, 0) is 12.0 Å². The number of fused-ring (bicyclic) bond motifs is 2. The zero-order valence-corrected chi connectivity index (χ0v) is 9.32. The second-order valence-electron chi connectivity index (χ2n) is 4.40. The van der Waals surface area contributed by atoms with Gasteiger partial charge in [-0.15, -0.1) is 0 Å². The monoisotopic (exact) mass is 226 g/mol. The lowest BCUT2D eigenvalue weighted by molar-refractivity contribution is 0.103. The van der Waals surface area contributed by atoms with Crippen LogP contribution >= 0.6 is 0 Å². The van der Waals surface area contributed by atoms with E-state index in [-0.39, 0.29) is 5.78 Å². The molecule has 5 nitrogen and oxygen atoms in total. The van der Waals surface area contributed by atoms with E-state index < -0.39 is 0 Å². The van der Waals surface area contributed by atoms with Crippen LogP contribution in [0.1, 0.15) is 32.9 Å². The molecule has 0 radical (unpaired) electrons. The second kappa shape index (κ2) is 2.74. The standard InChI is InChI=1S/C12H10N4O/c1-16-11-7(5-15-16)12(17)10-8-6(4-14-10)2-3-13-9(8)11/h4-5,14H,2-3H2,1H3. The van der Waals surface area contributed by atoms with Gasteiger partial charge < -0.3 is 4.98 Å². The summed E-state index contributed by atoms with van der Waals surface area (Å²) >= 11 is 0. The highest BCUT2D eigenvalue weighted by Gasteiger charge is 2.35. The van der Waals surface area contributed by atoms with Gasteiger partial charge >= 0.3 is 0 Å². The molecule has 2 aliphatic rings. The average molecular weight is 226 g/mol. The first-order valence-electron chi connectivity index (χ1n) is 5.59. The third-order valence-electron chi connectivity index (χ3n) is 3.48. The van der Waals surface area contributed by atoms with Crippen LogP contribution in [0.25, 0.3) is 0 Å². The van der Waals surface area contributed by atoms with Crippen LogP contribution in [0, 0.1) is 0 Å². The zero-order chi connectivity index (χ0) is 11.6. The Morgan fingerprint density at radius 2 is 2.35 bits per heavy atom. The van der Waals surface area contributed by atoms with Crippen molar-refractivity contribution in [3.8, 4) is 0 Å². The van der Waals surface area contributed by atoms with Gasteiger partial charge in [0.05, 0.1) is 28.9 Å². The number of rotatable bonds is 0. The molecule has 17 heavy (non-hydrogen) atoms. The summed E-state index contributed by atoms with van der Waals surface area (Å²) < 4.78 is 1.73. The number of hydrogen-bond donors (Lipinski definition) is 1. The molecular weight excluding hydrogens is 216 g/mol. The van der Waals surface area contributed by atoms with Crippen LogP contribution in [-0.2, 0) is 13.5 Å². The average Bonchev–Trinajstić information content (AvgIpc) is 2.91. The molecule has 1 aliphatic carbocycles. The molecule has 5 heteroatoms. The first kappa shape index (κ1) is 8.92. The smallest absolute Gasteiger partial charge is 0.213 e. The van der Waals surface area contributed by atoms with Crippen molar-refractivity contribution in [2.24, 2.45) is 12.0 Å². The van der Waals surface area contributed by atoms with Crippen LogP contribution in [0.2, 0.25) is 0 Å². The highest BCUT2D eigenvalue weighted by molar-refractivity contribution is 6.29. The molecule has 2 aromatic heterocycles. The summed E-state index contributed by atoms with van der Waals surface area (Å²) in [5, 5.41) is 4.16. The number of aromatic amines is 1. The molecule has 0 unspecified atom stereocenters. The Morgan fingerprint density at radius 3 is 3.24 bits per heavy atom. The van der Waals surface area contributed by atoms with E-state index in [0.29, 0.717) is 11.3 Å². The number of hydrogen-bond acceptors (Lipinski definition) is 3. The SMILES string of the molecule is Cn1ncc2c1C1=NCCc3c[nH]c(c31)C2=O. The molecule has 84 valence electrons. The van der Waals surface area contributed by atoms with Crippen LogP contribution in [-0.4, -0.2) is 32.8 Å². The molecule has 0 saturated carbocycles. The maximum atomic E-state index is 12.3. The molecule has 0 spiro atoms. The number of carbonyl (C=O) groups is 1. The van der Waals surface area contributed by atoms with E-state index in [0.717, 1.165) is 29.9 Å². The molecule has 1 aliphatic heterocycles. The number of aryl methyl sites for hydroxylation is 1. The summed E-state index contributed by atoms with van der Waals surface area (Å²) in [6.45, 7) is 0.776. The Balaban J connectivity index is 2.14. The molecule has 2 aromatic rings. The molecule has 3 heterocycles. The Bertz CT molecular complexity index is 689. The first-order valence-corrected chi connectivity index (χ1v) is 5.59. The number of nitrogens with one attached hydrogen (secondary N) is 1. The fourth-order valence-electron chi connectivity index (χ4n) is 2.69. The molecule has 0 saturated heterocycles. The Kier molecular flexibility index (Phi) is 1.44. The minimum atomic E-state index is 0.0233. The molecule has 0 atom stereocenters. The van der Waals surface area contributed by atoms with Gasteiger partial charge in [-0.25, -0.2) is 0 Å². The highest BCUT2D eigenvalue weighted by Crippen LogP contribution is 2.31. The van der Waals surface area contributed by atoms with Crippen molar-refractivity contribution in [2.45, 2.75) is 6.42 Å². The fourth-order valence-corrected chi connectivity index (χ4v) is 2.69. The number of nitrogens with zero attached hydrogens (tertiary/aromatic N) is 3. The van der Waals surface area contributed by atoms with Crippen molar-refractivity contribution in [1.82, 2.24) is 14.8 Å². The zero-order valence-electron chi connectivity index (χ0n) is 9.32. The minimum Gasteiger partial charge on any atom is -0.358 e. The van der Waals surface area contributed by atoms with E-state index in [4.69, 9.17) is 0 Å². The summed E-state index contributed by atoms with van der Waals surface area (Å²) in [6, 6.07) is 0. The van der Waals surface area contributed by atoms with Crippen LogP contribution in [0.5, 0.6) is 0 Å². The molecule has 0 aromatic carbocycles. The first-order chi connectivity index (χ1) is 8.27. The van der Waals surface area contributed by atoms with Crippen LogP contribution < -0.4 is 0 Å². The van der Waals surface area contributed by atoms with E-state index in [1.807, 2.05) is 13.2 Å². The van der Waals surface area contributed by atoms with Gasteiger partial charge in [0.1, 0.15) is 0 Å². The summed E-state index contributed by atoms with van der Waals surface area (Å²) in [6.07, 6.45) is 4.45. The topological polar surface area (TPSA) is 63.0 Å². The fraction of sp³-hybridized carbons (Fsp3) is 0.250. The van der Waals surface area contributed by atoms with E-state index >= 15 is 0 Å². The molecule has 0 fully saturated rings. The van der Waals surface area contributed by atoms with Gasteiger partial charge in [0.15, 0.2) is 0 Å². The third kappa shape index (κ3) is 0.921. The maximum Gasteiger partial charge on any atom is 0.213 e. The molecular formula is C12H10N4O. The van der Waals surface area contributed by atoms with E-state index in [9.17, 15) is 4.79 Å². The maximum absolute atomic E-state index is 12.3. The lowest BCUT2D eigenvalue weighted by atomic mass is 9.88. The third-order valence-corrected chi connectivity index (χ3v) is 3.48. The summed E-state index contributed by atoms with van der Waals surface area (Å²) in [5.74, 6) is 0.0233. The normalized spacial score (nSPS) is 16.5. The van der Waals surface area contributed by atoms with Crippen molar-refractivity contribution in [1.29, 1.82) is 0 Å². The Hall–Kier alpha value is -2.17. The molecule has 0 bridgehead atoms. The number of ketones is 1. The summed E-state index contributed by atoms with van der Waals surface area (Å²) in [7, 11) is 1.85. The van der Waals surface area contributed by atoms with Gasteiger partial charge in [-0.1, -0.05) is 0 Å². The molecule has 0 amide bonds. The van der Waals surface area contributed by atoms with Gasteiger partial charge in [0.25, 0.3) is 0 Å². The van der Waals surface area contributed by atoms with Crippen LogP contribution in [0.4, 0.5) is 0 Å². The molecule has 1 N–H and O–H groups in total. The highest BCUT2D eigenvalue weighted by atomic mass is 16.1. The van der Waals surface area contributed by atoms with Crippen LogP contribution in [0.15, 0.2) is 17.4 Å². The van der Waals surface area contributed by atoms with Crippen molar-refractivity contribution in [3.63, 3.8) is 0 Å². The van der Waals surface area contributed by atoms with Crippen LogP contribution in [0.3, 0.4) is 0 Å². The van der Waals surface area contributed by atoms with Gasteiger partial charge in [0.2, 0.25) is 5.78 Å².